The summed E-state index contributed by atoms with van der Waals surface area (Å²) in [5.74, 6) is 0. The van der Waals surface area contributed by atoms with Gasteiger partial charge in [0.15, 0.2) is 0 Å². The Morgan fingerprint density at radius 3 is 2.32 bits per heavy atom. The van der Waals surface area contributed by atoms with E-state index in [9.17, 15) is 20.2 Å². The highest BCUT2D eigenvalue weighted by atomic mass is 16.6. The van der Waals surface area contributed by atoms with Crippen molar-refractivity contribution in [2.75, 3.05) is 0 Å². The van der Waals surface area contributed by atoms with Crippen LogP contribution in [0, 0.1) is 20.2 Å². The Hall–Kier alpha value is -3.29. The summed E-state index contributed by atoms with van der Waals surface area (Å²) < 4.78 is 0. The zero-order valence-corrected chi connectivity index (χ0v) is 11.3. The number of nitro groups is 2. The first kappa shape index (κ1) is 15.1. The van der Waals surface area contributed by atoms with Crippen LogP contribution in [0.5, 0.6) is 0 Å². The fourth-order valence-corrected chi connectivity index (χ4v) is 1.65. The van der Waals surface area contributed by atoms with E-state index in [4.69, 9.17) is 4.84 Å². The van der Waals surface area contributed by atoms with Gasteiger partial charge in [-0.15, -0.1) is 0 Å². The Bertz CT molecular complexity index is 713. The van der Waals surface area contributed by atoms with E-state index < -0.39 is 9.85 Å². The lowest BCUT2D eigenvalue weighted by molar-refractivity contribution is -0.385. The number of benzene rings is 2. The molecule has 2 aromatic rings. The van der Waals surface area contributed by atoms with Crippen molar-refractivity contribution >= 4 is 17.6 Å². The smallest absolute Gasteiger partial charge is 0.269 e. The van der Waals surface area contributed by atoms with Crippen molar-refractivity contribution in [3.8, 4) is 0 Å². The molecule has 0 amide bonds. The Kier molecular flexibility index (Phi) is 4.76. The first-order chi connectivity index (χ1) is 10.6. The van der Waals surface area contributed by atoms with Crippen LogP contribution in [-0.2, 0) is 11.4 Å². The third kappa shape index (κ3) is 4.10. The molecule has 0 bridgehead atoms. The highest BCUT2D eigenvalue weighted by Crippen LogP contribution is 2.14. The highest BCUT2D eigenvalue weighted by Gasteiger charge is 2.05. The third-order valence-electron chi connectivity index (χ3n) is 2.73. The summed E-state index contributed by atoms with van der Waals surface area (Å²) in [6.07, 6.45) is 1.40. The fourth-order valence-electron chi connectivity index (χ4n) is 1.65. The molecular formula is C14H11N3O5. The molecule has 8 nitrogen and oxygen atoms in total. The van der Waals surface area contributed by atoms with Gasteiger partial charge in [0.1, 0.15) is 6.61 Å². The van der Waals surface area contributed by atoms with Crippen LogP contribution in [0.15, 0.2) is 53.7 Å². The molecule has 0 atom stereocenters. The standard InChI is InChI=1S/C14H11N3O5/c18-16(19)13-6-4-11(5-7-13)9-15-22-10-12-2-1-3-14(8-12)17(20)21/h1-9H,10H2. The second-order valence-corrected chi connectivity index (χ2v) is 4.28. The van der Waals surface area contributed by atoms with Gasteiger partial charge >= 0.3 is 0 Å². The maximum Gasteiger partial charge on any atom is 0.269 e. The van der Waals surface area contributed by atoms with E-state index in [1.54, 1.807) is 24.3 Å². The average Bonchev–Trinajstić information content (AvgIpc) is 2.52. The Morgan fingerprint density at radius 1 is 1.00 bits per heavy atom. The van der Waals surface area contributed by atoms with Crippen molar-refractivity contribution < 1.29 is 14.7 Å². The van der Waals surface area contributed by atoms with Gasteiger partial charge in [-0.05, 0) is 23.3 Å². The molecule has 2 rings (SSSR count). The Labute approximate surface area is 124 Å². The molecule has 0 fully saturated rings. The van der Waals surface area contributed by atoms with Gasteiger partial charge < -0.3 is 4.84 Å². The van der Waals surface area contributed by atoms with Crippen molar-refractivity contribution in [1.29, 1.82) is 0 Å². The topological polar surface area (TPSA) is 108 Å². The summed E-state index contributed by atoms with van der Waals surface area (Å²) in [5.41, 5.74) is 1.25. The maximum atomic E-state index is 10.6. The molecule has 0 spiro atoms. The van der Waals surface area contributed by atoms with Crippen molar-refractivity contribution in [2.45, 2.75) is 6.61 Å². The van der Waals surface area contributed by atoms with Crippen LogP contribution in [0.1, 0.15) is 11.1 Å². The molecule has 0 aliphatic carbocycles. The molecule has 22 heavy (non-hydrogen) atoms. The van der Waals surface area contributed by atoms with E-state index in [-0.39, 0.29) is 18.0 Å². The largest absolute Gasteiger partial charge is 0.391 e. The number of hydrogen-bond acceptors (Lipinski definition) is 6. The molecule has 0 aliphatic heterocycles. The molecule has 0 aliphatic rings. The molecule has 0 unspecified atom stereocenters. The third-order valence-corrected chi connectivity index (χ3v) is 2.73. The van der Waals surface area contributed by atoms with E-state index in [1.165, 1.54) is 30.5 Å². The molecule has 0 saturated heterocycles. The number of nitro benzene ring substituents is 2. The summed E-state index contributed by atoms with van der Waals surface area (Å²) in [4.78, 5) is 25.2. The Balaban J connectivity index is 1.91. The first-order valence-corrected chi connectivity index (χ1v) is 6.19. The minimum Gasteiger partial charge on any atom is -0.391 e. The number of nitrogens with zero attached hydrogens (tertiary/aromatic N) is 3. The van der Waals surface area contributed by atoms with Crippen LogP contribution >= 0.6 is 0 Å². The molecule has 112 valence electrons. The average molecular weight is 301 g/mol. The predicted molar refractivity (Wildman–Crippen MR) is 78.6 cm³/mol. The summed E-state index contributed by atoms with van der Waals surface area (Å²) in [7, 11) is 0. The zero-order valence-electron chi connectivity index (χ0n) is 11.3. The molecule has 0 heterocycles. The lowest BCUT2D eigenvalue weighted by Gasteiger charge is -1.99. The van der Waals surface area contributed by atoms with Crippen LogP contribution < -0.4 is 0 Å². The maximum absolute atomic E-state index is 10.6. The van der Waals surface area contributed by atoms with Crippen LogP contribution in [-0.4, -0.2) is 16.1 Å². The molecule has 0 saturated carbocycles. The van der Waals surface area contributed by atoms with Crippen molar-refractivity contribution in [2.24, 2.45) is 5.16 Å². The van der Waals surface area contributed by atoms with Gasteiger partial charge in [0.05, 0.1) is 16.1 Å². The predicted octanol–water partition coefficient (Wildman–Crippen LogP) is 3.05. The van der Waals surface area contributed by atoms with Gasteiger partial charge in [0, 0.05) is 24.3 Å². The molecule has 2 aromatic carbocycles. The summed E-state index contributed by atoms with van der Waals surface area (Å²) in [6, 6.07) is 11.9. The summed E-state index contributed by atoms with van der Waals surface area (Å²) in [5, 5.41) is 24.9. The van der Waals surface area contributed by atoms with E-state index in [1.807, 2.05) is 0 Å². The SMILES string of the molecule is O=[N+]([O-])c1ccc(C=NOCc2cccc([N+](=O)[O-])c2)cc1. The quantitative estimate of drug-likeness (QED) is 0.463. The molecule has 0 radical (unpaired) electrons. The molecule has 0 aromatic heterocycles. The highest BCUT2D eigenvalue weighted by molar-refractivity contribution is 5.79. The molecular weight excluding hydrogens is 290 g/mol. The fraction of sp³-hybridized carbons (Fsp3) is 0.0714. The van der Waals surface area contributed by atoms with E-state index in [2.05, 4.69) is 5.16 Å². The molecule has 8 heteroatoms. The number of hydrogen-bond donors (Lipinski definition) is 0. The number of rotatable bonds is 6. The van der Waals surface area contributed by atoms with E-state index in [0.29, 0.717) is 11.1 Å². The van der Waals surface area contributed by atoms with Gasteiger partial charge in [-0.25, -0.2) is 0 Å². The van der Waals surface area contributed by atoms with Gasteiger partial charge in [0.2, 0.25) is 0 Å². The summed E-state index contributed by atoms with van der Waals surface area (Å²) in [6.45, 7) is 0.0885. The second kappa shape index (κ2) is 6.93. The minimum atomic E-state index is -0.486. The first-order valence-electron chi connectivity index (χ1n) is 6.19. The van der Waals surface area contributed by atoms with Crippen LogP contribution in [0.3, 0.4) is 0 Å². The lowest BCUT2D eigenvalue weighted by Crippen LogP contribution is -1.92. The van der Waals surface area contributed by atoms with Gasteiger partial charge in [-0.2, -0.15) is 0 Å². The normalized spacial score (nSPS) is 10.5. The summed E-state index contributed by atoms with van der Waals surface area (Å²) >= 11 is 0. The van der Waals surface area contributed by atoms with Gasteiger partial charge in [-0.1, -0.05) is 17.3 Å². The van der Waals surface area contributed by atoms with Crippen LogP contribution in [0.25, 0.3) is 0 Å². The minimum absolute atomic E-state index is 0.00494. The molecule has 0 N–H and O–H groups in total. The van der Waals surface area contributed by atoms with E-state index >= 15 is 0 Å². The zero-order chi connectivity index (χ0) is 15.9. The van der Waals surface area contributed by atoms with Gasteiger partial charge in [0.25, 0.3) is 11.4 Å². The lowest BCUT2D eigenvalue weighted by atomic mass is 10.2. The van der Waals surface area contributed by atoms with Crippen LogP contribution in [0.2, 0.25) is 0 Å². The van der Waals surface area contributed by atoms with Crippen molar-refractivity contribution in [1.82, 2.24) is 0 Å². The Morgan fingerprint density at radius 2 is 1.68 bits per heavy atom. The monoisotopic (exact) mass is 301 g/mol. The number of oxime groups is 1. The van der Waals surface area contributed by atoms with Gasteiger partial charge in [-0.3, -0.25) is 20.2 Å². The second-order valence-electron chi connectivity index (χ2n) is 4.28. The van der Waals surface area contributed by atoms with E-state index in [0.717, 1.165) is 0 Å². The van der Waals surface area contributed by atoms with Crippen molar-refractivity contribution in [3.63, 3.8) is 0 Å². The number of non-ortho nitro benzene ring substituents is 2. The van der Waals surface area contributed by atoms with Crippen molar-refractivity contribution in [3.05, 3.63) is 79.9 Å². The van der Waals surface area contributed by atoms with Crippen LogP contribution in [0.4, 0.5) is 11.4 Å².